The van der Waals surface area contributed by atoms with E-state index in [4.69, 9.17) is 52.2 Å². The fourth-order valence-electron chi connectivity index (χ4n) is 12.0. The Morgan fingerprint density at radius 3 is 2.13 bits per heavy atom. The maximum atomic E-state index is 15.4. The van der Waals surface area contributed by atoms with Gasteiger partial charge < -0.3 is 67.5 Å². The molecule has 19 nitrogen and oxygen atoms in total. The number of nitrogens with zero attached hydrogens (tertiary/aromatic N) is 2. The van der Waals surface area contributed by atoms with Gasteiger partial charge in [0.2, 0.25) is 0 Å². The first kappa shape index (κ1) is 64.6. The summed E-state index contributed by atoms with van der Waals surface area (Å²) in [7, 11) is 4.32. The third kappa shape index (κ3) is 17.2. The number of ether oxygens (including phenoxy) is 10. The molecule has 1 aromatic carbocycles. The highest BCUT2D eigenvalue weighted by Crippen LogP contribution is 2.39. The highest BCUT2D eigenvalue weighted by molar-refractivity contribution is 5.90. The summed E-state index contributed by atoms with van der Waals surface area (Å²) < 4.78 is 63.9. The molecule has 77 heavy (non-hydrogen) atoms. The number of cyclic esters (lactones) is 1. The predicted molar refractivity (Wildman–Crippen MR) is 286 cm³/mol. The van der Waals surface area contributed by atoms with E-state index in [1.165, 1.54) is 33.8 Å². The quantitative estimate of drug-likeness (QED) is 0.109. The van der Waals surface area contributed by atoms with Crippen LogP contribution in [0.25, 0.3) is 0 Å². The number of methoxy groups -OCH3 is 2. The highest BCUT2D eigenvalue weighted by Gasteiger charge is 2.51. The molecule has 5 rings (SSSR count). The van der Waals surface area contributed by atoms with Crippen molar-refractivity contribution in [2.45, 2.75) is 226 Å². The largest absolute Gasteiger partial charge is 0.461 e. The summed E-state index contributed by atoms with van der Waals surface area (Å²) in [5.41, 5.74) is -0.437. The standard InChI is InChI=1S/C58H96N2O17/c1-31(2)25-44(61)74-50-38(9)49(33(4)30-70-57-53(68-15)52(67-14)46(62)41(12)73-57)76-55(65)40(11)51(75-45-26-34(5)60(29-36(7)71-45)24-20-23-42-21-18-17-19-22-42)37(8)48(32(3)28-58(13,66)54(64)39(50)10)77-56-47(63)43(59-69-16)27-35(6)72-56/h17-19,21-22,31-41,45-53,56-57,62-63,66H,20,23-30H2,1-16H3/b59-43+/t32-,33-,34?,35+,36-,37+,38-,39+,40+,41+,45-,46+,47+,48-,49+,50+,51-,52+,53+,56-,57+,58-/m0/s1. The average molecular weight is 1090 g/mol. The lowest BCUT2D eigenvalue weighted by Gasteiger charge is -2.44. The molecule has 0 bridgehead atoms. The minimum absolute atomic E-state index is 0.0225. The van der Waals surface area contributed by atoms with E-state index in [0.29, 0.717) is 18.7 Å². The van der Waals surface area contributed by atoms with Crippen LogP contribution in [0.15, 0.2) is 35.5 Å². The number of hydrogen-bond acceptors (Lipinski definition) is 19. The molecule has 4 heterocycles. The van der Waals surface area contributed by atoms with Crippen molar-refractivity contribution in [2.24, 2.45) is 46.6 Å². The number of esters is 2. The van der Waals surface area contributed by atoms with Crippen LogP contribution in [0.2, 0.25) is 0 Å². The number of aryl methyl sites for hydroxylation is 1. The van der Waals surface area contributed by atoms with E-state index in [1.54, 1.807) is 27.7 Å². The molecular formula is C58H96N2O17. The SMILES string of the molecule is CO/N=C1\C[C@@H](C)O[C@@H](O[C@@H]2[C@@H](C)[C@H](O[C@H]3CC(C)N(CCCc4ccccc4)C[C@H](C)O3)[C@@H](C)C(=O)O[C@H]([C@@H](C)CO[C@@H]3O[C@H](C)[C@@H](O)[C@@H](OC)[C@H]3OC)[C@H](C)[C@@H](OC(=O)CC(C)C)[C@@H](C)C(=O)[C@@](C)(O)C[C@@H]2C)[C@@H]1O. The molecule has 0 saturated carbocycles. The second kappa shape index (κ2) is 29.5. The third-order valence-electron chi connectivity index (χ3n) is 16.2. The number of aliphatic hydroxyl groups excluding tert-OH is 2. The van der Waals surface area contributed by atoms with Crippen LogP contribution in [0.5, 0.6) is 0 Å². The summed E-state index contributed by atoms with van der Waals surface area (Å²) in [6, 6.07) is 10.4. The smallest absolute Gasteiger partial charge is 0.311 e. The van der Waals surface area contributed by atoms with E-state index in [9.17, 15) is 20.1 Å². The van der Waals surface area contributed by atoms with Crippen molar-refractivity contribution in [3.05, 3.63) is 35.9 Å². The van der Waals surface area contributed by atoms with Gasteiger partial charge in [-0.15, -0.1) is 0 Å². The second-order valence-electron chi connectivity index (χ2n) is 23.5. The van der Waals surface area contributed by atoms with E-state index in [0.717, 1.165) is 19.4 Å². The predicted octanol–water partition coefficient (Wildman–Crippen LogP) is 6.28. The first-order chi connectivity index (χ1) is 36.3. The van der Waals surface area contributed by atoms with Crippen molar-refractivity contribution in [3.63, 3.8) is 0 Å². The Balaban J connectivity index is 1.59. The zero-order chi connectivity index (χ0) is 57.1. The van der Waals surface area contributed by atoms with Gasteiger partial charge in [-0.2, -0.15) is 0 Å². The lowest BCUT2D eigenvalue weighted by molar-refractivity contribution is -0.305. The van der Waals surface area contributed by atoms with Crippen LogP contribution in [0.1, 0.15) is 128 Å². The highest BCUT2D eigenvalue weighted by atomic mass is 16.7. The molecule has 22 atom stereocenters. The number of benzene rings is 1. The van der Waals surface area contributed by atoms with Crippen LogP contribution in [0.3, 0.4) is 0 Å². The van der Waals surface area contributed by atoms with Crippen molar-refractivity contribution in [3.8, 4) is 0 Å². The lowest BCUT2D eigenvalue weighted by atomic mass is 9.74. The van der Waals surface area contributed by atoms with Gasteiger partial charge in [0.15, 0.2) is 24.7 Å². The van der Waals surface area contributed by atoms with E-state index >= 15 is 9.59 Å². The summed E-state index contributed by atoms with van der Waals surface area (Å²) in [6.45, 7) is 24.9. The molecule has 0 radical (unpaired) electrons. The van der Waals surface area contributed by atoms with Crippen LogP contribution in [0.4, 0.5) is 0 Å². The molecule has 4 aliphatic heterocycles. The van der Waals surface area contributed by atoms with Crippen molar-refractivity contribution in [1.29, 1.82) is 0 Å². The van der Waals surface area contributed by atoms with Crippen molar-refractivity contribution in [1.82, 2.24) is 4.90 Å². The molecule has 0 spiro atoms. The Bertz CT molecular complexity index is 2010. The van der Waals surface area contributed by atoms with Crippen LogP contribution >= 0.6 is 0 Å². The third-order valence-corrected chi connectivity index (χ3v) is 16.2. The number of carbonyl (C=O) groups is 3. The molecule has 4 aliphatic rings. The monoisotopic (exact) mass is 1090 g/mol. The number of aliphatic hydroxyl groups is 3. The number of hydrogen-bond donors (Lipinski definition) is 3. The Kier molecular flexibility index (Phi) is 24.8. The fraction of sp³-hybridized carbons (Fsp3) is 0.828. The fourth-order valence-corrected chi connectivity index (χ4v) is 12.0. The molecule has 0 amide bonds. The van der Waals surface area contributed by atoms with Gasteiger partial charge in [-0.3, -0.25) is 19.3 Å². The molecule has 1 aromatic rings. The Morgan fingerprint density at radius 1 is 0.818 bits per heavy atom. The van der Waals surface area contributed by atoms with E-state index in [-0.39, 0.29) is 43.9 Å². The van der Waals surface area contributed by atoms with E-state index in [1.807, 2.05) is 54.5 Å². The molecule has 440 valence electrons. The van der Waals surface area contributed by atoms with Crippen molar-refractivity contribution in [2.75, 3.05) is 41.0 Å². The van der Waals surface area contributed by atoms with Gasteiger partial charge in [0.1, 0.15) is 49.3 Å². The van der Waals surface area contributed by atoms with Gasteiger partial charge in [-0.25, -0.2) is 0 Å². The minimum Gasteiger partial charge on any atom is -0.461 e. The van der Waals surface area contributed by atoms with Crippen LogP contribution in [-0.2, 0) is 73.0 Å². The van der Waals surface area contributed by atoms with Crippen molar-refractivity contribution < 1.29 is 81.9 Å². The maximum absolute atomic E-state index is 15.4. The summed E-state index contributed by atoms with van der Waals surface area (Å²) in [6.07, 6.45) is -10.1. The average Bonchev–Trinajstić information content (AvgIpc) is 3.51. The van der Waals surface area contributed by atoms with Crippen molar-refractivity contribution >= 4 is 23.4 Å². The zero-order valence-electron chi connectivity index (χ0n) is 48.9. The molecule has 19 heteroatoms. The Morgan fingerprint density at radius 2 is 1.49 bits per heavy atom. The van der Waals surface area contributed by atoms with Gasteiger partial charge in [0, 0.05) is 63.8 Å². The molecule has 4 saturated heterocycles. The maximum Gasteiger partial charge on any atom is 0.311 e. The lowest BCUT2D eigenvalue weighted by Crippen LogP contribution is -2.59. The Labute approximate surface area is 458 Å². The molecule has 0 aliphatic carbocycles. The van der Waals surface area contributed by atoms with E-state index in [2.05, 4.69) is 41.2 Å². The number of rotatable bonds is 18. The summed E-state index contributed by atoms with van der Waals surface area (Å²) in [5.74, 6) is -6.93. The van der Waals surface area contributed by atoms with Gasteiger partial charge in [-0.05, 0) is 84.7 Å². The summed E-state index contributed by atoms with van der Waals surface area (Å²) in [5, 5.41) is 39.2. The zero-order valence-corrected chi connectivity index (χ0v) is 48.9. The number of ketones is 1. The Hall–Kier alpha value is -3.18. The topological polar surface area (TPSA) is 229 Å². The molecular weight excluding hydrogens is 997 g/mol. The number of oxime groups is 1. The second-order valence-corrected chi connectivity index (χ2v) is 23.5. The molecule has 3 N–H and O–H groups in total. The first-order valence-corrected chi connectivity index (χ1v) is 28.2. The molecule has 1 unspecified atom stereocenters. The minimum atomic E-state index is -2.02. The number of Topliss-reactive ketones (excluding diaryl/α,β-unsaturated/α-hetero) is 1. The van der Waals surface area contributed by atoms with Crippen LogP contribution < -0.4 is 0 Å². The molecule has 4 fully saturated rings. The van der Waals surface area contributed by atoms with Gasteiger partial charge in [0.05, 0.1) is 54.7 Å². The van der Waals surface area contributed by atoms with Gasteiger partial charge in [-0.1, -0.05) is 84.0 Å². The molecule has 0 aromatic heterocycles. The number of carbonyl (C=O) groups excluding carboxylic acids is 3. The van der Waals surface area contributed by atoms with Crippen LogP contribution in [0, 0.1) is 41.4 Å². The summed E-state index contributed by atoms with van der Waals surface area (Å²) >= 11 is 0. The first-order valence-electron chi connectivity index (χ1n) is 28.2. The normalized spacial score (nSPS) is 40.3. The van der Waals surface area contributed by atoms with Crippen LogP contribution in [-0.4, -0.2) is 182 Å². The van der Waals surface area contributed by atoms with E-state index < -0.39 is 139 Å². The van der Waals surface area contributed by atoms with Gasteiger partial charge in [0.25, 0.3) is 0 Å². The van der Waals surface area contributed by atoms with Gasteiger partial charge >= 0.3 is 11.9 Å². The summed E-state index contributed by atoms with van der Waals surface area (Å²) in [4.78, 5) is 51.6.